The van der Waals surface area contributed by atoms with E-state index in [1.807, 2.05) is 48.5 Å². The molecule has 0 radical (unpaired) electrons. The van der Waals surface area contributed by atoms with Gasteiger partial charge in [0.25, 0.3) is 0 Å². The number of benzene rings is 2. The number of methoxy groups -OCH3 is 1. The number of para-hydroxylation sites is 1. The Morgan fingerprint density at radius 2 is 2.00 bits per heavy atom. The van der Waals surface area contributed by atoms with Crippen LogP contribution >= 0.6 is 0 Å². The third-order valence-electron chi connectivity index (χ3n) is 3.16. The first kappa shape index (κ1) is 14.9. The first-order valence-electron chi connectivity index (χ1n) is 6.94. The van der Waals surface area contributed by atoms with Crippen LogP contribution in [0.15, 0.2) is 54.6 Å². The smallest absolute Gasteiger partial charge is 0.248 e. The predicted octanol–water partition coefficient (Wildman–Crippen LogP) is 3.91. The molecule has 0 aliphatic carbocycles. The fraction of sp³-hybridized carbons (Fsp3) is 0.167. The van der Waals surface area contributed by atoms with Crippen molar-refractivity contribution >= 4 is 17.7 Å². The molecule has 2 aromatic rings. The minimum Gasteiger partial charge on any atom is -0.496 e. The highest BCUT2D eigenvalue weighted by Gasteiger charge is 2.01. The minimum atomic E-state index is -0.158. The summed E-state index contributed by atoms with van der Waals surface area (Å²) in [4.78, 5) is 11.9. The van der Waals surface area contributed by atoms with Gasteiger partial charge in [-0.2, -0.15) is 0 Å². The molecule has 0 aliphatic rings. The number of hydrogen-bond donors (Lipinski definition) is 1. The van der Waals surface area contributed by atoms with Crippen molar-refractivity contribution in [2.45, 2.75) is 13.3 Å². The summed E-state index contributed by atoms with van der Waals surface area (Å²) in [6, 6.07) is 15.4. The van der Waals surface area contributed by atoms with Crippen LogP contribution in [0.3, 0.4) is 0 Å². The van der Waals surface area contributed by atoms with E-state index in [0.29, 0.717) is 0 Å². The summed E-state index contributed by atoms with van der Waals surface area (Å²) in [7, 11) is 1.61. The normalized spacial score (nSPS) is 10.6. The number of rotatable bonds is 5. The van der Waals surface area contributed by atoms with Crippen LogP contribution < -0.4 is 10.1 Å². The maximum absolute atomic E-state index is 11.9. The predicted molar refractivity (Wildman–Crippen MR) is 86.5 cm³/mol. The van der Waals surface area contributed by atoms with Gasteiger partial charge in [-0.05, 0) is 36.3 Å². The van der Waals surface area contributed by atoms with Crippen LogP contribution in [0, 0.1) is 0 Å². The van der Waals surface area contributed by atoms with Crippen LogP contribution in [0.1, 0.15) is 18.1 Å². The quantitative estimate of drug-likeness (QED) is 0.844. The number of carbonyl (C=O) groups excluding carboxylic acids is 1. The molecule has 0 aliphatic heterocycles. The maximum Gasteiger partial charge on any atom is 0.248 e. The molecule has 2 rings (SSSR count). The number of hydrogen-bond acceptors (Lipinski definition) is 2. The van der Waals surface area contributed by atoms with E-state index in [0.717, 1.165) is 23.4 Å². The molecule has 0 bridgehead atoms. The molecule has 0 spiro atoms. The standard InChI is InChI=1S/C18H19NO2/c1-3-14-7-6-9-16(13-14)19-18(20)12-11-15-8-4-5-10-17(15)21-2/h4-13H,3H2,1-2H3,(H,19,20)/b12-11+. The van der Waals surface area contributed by atoms with Crippen molar-refractivity contribution in [1.82, 2.24) is 0 Å². The molecule has 1 N–H and O–H groups in total. The van der Waals surface area contributed by atoms with Gasteiger partial charge in [0, 0.05) is 17.3 Å². The fourth-order valence-corrected chi connectivity index (χ4v) is 2.02. The molecule has 3 nitrogen and oxygen atoms in total. The minimum absolute atomic E-state index is 0.158. The lowest BCUT2D eigenvalue weighted by Crippen LogP contribution is -2.07. The van der Waals surface area contributed by atoms with Crippen molar-refractivity contribution in [3.05, 3.63) is 65.7 Å². The summed E-state index contributed by atoms with van der Waals surface area (Å²) in [6.45, 7) is 2.09. The summed E-state index contributed by atoms with van der Waals surface area (Å²) >= 11 is 0. The summed E-state index contributed by atoms with van der Waals surface area (Å²) < 4.78 is 5.24. The van der Waals surface area contributed by atoms with Gasteiger partial charge in [-0.15, -0.1) is 0 Å². The van der Waals surface area contributed by atoms with Gasteiger partial charge in [0.2, 0.25) is 5.91 Å². The van der Waals surface area contributed by atoms with Crippen LogP contribution in [-0.4, -0.2) is 13.0 Å². The Kier molecular flexibility index (Phi) is 5.16. The highest BCUT2D eigenvalue weighted by Crippen LogP contribution is 2.18. The summed E-state index contributed by atoms with van der Waals surface area (Å²) in [5.41, 5.74) is 2.88. The van der Waals surface area contributed by atoms with Crippen LogP contribution in [0.25, 0.3) is 6.08 Å². The van der Waals surface area contributed by atoms with E-state index in [1.54, 1.807) is 13.2 Å². The molecule has 0 saturated carbocycles. The Morgan fingerprint density at radius 1 is 1.19 bits per heavy atom. The molecule has 3 heteroatoms. The monoisotopic (exact) mass is 281 g/mol. The summed E-state index contributed by atoms with van der Waals surface area (Å²) in [6.07, 6.45) is 4.20. The lowest BCUT2D eigenvalue weighted by Gasteiger charge is -2.05. The molecular formula is C18H19NO2. The van der Waals surface area contributed by atoms with Crippen molar-refractivity contribution in [3.8, 4) is 5.75 Å². The second-order valence-electron chi connectivity index (χ2n) is 4.62. The van der Waals surface area contributed by atoms with Crippen molar-refractivity contribution in [2.24, 2.45) is 0 Å². The van der Waals surface area contributed by atoms with E-state index < -0.39 is 0 Å². The molecule has 21 heavy (non-hydrogen) atoms. The molecule has 0 unspecified atom stereocenters. The first-order chi connectivity index (χ1) is 10.2. The Labute approximate surface area is 125 Å². The zero-order valence-corrected chi connectivity index (χ0v) is 12.3. The van der Waals surface area contributed by atoms with Crippen molar-refractivity contribution < 1.29 is 9.53 Å². The van der Waals surface area contributed by atoms with Crippen molar-refractivity contribution in [3.63, 3.8) is 0 Å². The number of amides is 1. The topological polar surface area (TPSA) is 38.3 Å². The Hall–Kier alpha value is -2.55. The van der Waals surface area contributed by atoms with Gasteiger partial charge in [0.05, 0.1) is 7.11 Å². The van der Waals surface area contributed by atoms with Gasteiger partial charge in [-0.3, -0.25) is 4.79 Å². The number of anilines is 1. The molecule has 0 aromatic heterocycles. The Bertz CT molecular complexity index is 647. The van der Waals surface area contributed by atoms with Crippen LogP contribution in [0.4, 0.5) is 5.69 Å². The SMILES string of the molecule is CCc1cccc(NC(=O)/C=C/c2ccccc2OC)c1. The summed E-state index contributed by atoms with van der Waals surface area (Å²) in [5, 5.41) is 2.86. The summed E-state index contributed by atoms with van der Waals surface area (Å²) in [5.74, 6) is 0.587. The second-order valence-corrected chi connectivity index (χ2v) is 4.62. The van der Waals surface area contributed by atoms with Crippen molar-refractivity contribution in [2.75, 3.05) is 12.4 Å². The first-order valence-corrected chi connectivity index (χ1v) is 6.94. The van der Waals surface area contributed by atoms with Gasteiger partial charge < -0.3 is 10.1 Å². The molecule has 1 amide bonds. The van der Waals surface area contributed by atoms with Gasteiger partial charge in [-0.1, -0.05) is 37.3 Å². The third-order valence-corrected chi connectivity index (χ3v) is 3.16. The zero-order chi connectivity index (χ0) is 15.1. The number of carbonyl (C=O) groups is 1. The van der Waals surface area contributed by atoms with Gasteiger partial charge >= 0.3 is 0 Å². The van der Waals surface area contributed by atoms with Gasteiger partial charge in [-0.25, -0.2) is 0 Å². The zero-order valence-electron chi connectivity index (χ0n) is 12.3. The number of nitrogens with one attached hydrogen (secondary N) is 1. The van der Waals surface area contributed by atoms with Crippen LogP contribution in [0.5, 0.6) is 5.75 Å². The maximum atomic E-state index is 11.9. The molecular weight excluding hydrogens is 262 g/mol. The van der Waals surface area contributed by atoms with E-state index >= 15 is 0 Å². The average Bonchev–Trinajstić information content (AvgIpc) is 2.53. The van der Waals surface area contributed by atoms with E-state index in [4.69, 9.17) is 4.74 Å². The number of aryl methyl sites for hydroxylation is 1. The van der Waals surface area contributed by atoms with E-state index in [2.05, 4.69) is 12.2 Å². The molecule has 0 heterocycles. The van der Waals surface area contributed by atoms with Crippen molar-refractivity contribution in [1.29, 1.82) is 0 Å². The highest BCUT2D eigenvalue weighted by molar-refractivity contribution is 6.02. The molecule has 0 fully saturated rings. The lowest BCUT2D eigenvalue weighted by atomic mass is 10.1. The average molecular weight is 281 g/mol. The largest absolute Gasteiger partial charge is 0.496 e. The highest BCUT2D eigenvalue weighted by atomic mass is 16.5. The van der Waals surface area contributed by atoms with E-state index in [1.165, 1.54) is 11.6 Å². The van der Waals surface area contributed by atoms with Crippen LogP contribution in [-0.2, 0) is 11.2 Å². The second kappa shape index (κ2) is 7.29. The van der Waals surface area contributed by atoms with Gasteiger partial charge in [0.15, 0.2) is 0 Å². The number of ether oxygens (including phenoxy) is 1. The lowest BCUT2D eigenvalue weighted by molar-refractivity contribution is -0.111. The van der Waals surface area contributed by atoms with E-state index in [-0.39, 0.29) is 5.91 Å². The Morgan fingerprint density at radius 3 is 2.76 bits per heavy atom. The van der Waals surface area contributed by atoms with E-state index in [9.17, 15) is 4.79 Å². The molecule has 0 atom stereocenters. The molecule has 0 saturated heterocycles. The molecule has 2 aromatic carbocycles. The molecule has 108 valence electrons. The fourth-order valence-electron chi connectivity index (χ4n) is 2.02. The van der Waals surface area contributed by atoms with Gasteiger partial charge in [0.1, 0.15) is 5.75 Å². The van der Waals surface area contributed by atoms with Crippen LogP contribution in [0.2, 0.25) is 0 Å². The third kappa shape index (κ3) is 4.21. The Balaban J connectivity index is 2.05.